The second kappa shape index (κ2) is 4.59. The SMILES string of the molecule is O=C(O)c1cccnc1N(CC1CC1)CC1CC1. The maximum absolute atomic E-state index is 11.3. The van der Waals surface area contributed by atoms with E-state index in [1.807, 2.05) is 0 Å². The van der Waals surface area contributed by atoms with Crippen molar-refractivity contribution < 1.29 is 9.90 Å². The highest BCUT2D eigenvalue weighted by atomic mass is 16.4. The lowest BCUT2D eigenvalue weighted by atomic mass is 10.2. The van der Waals surface area contributed by atoms with Crippen molar-refractivity contribution in [1.29, 1.82) is 0 Å². The van der Waals surface area contributed by atoms with E-state index in [1.165, 1.54) is 25.7 Å². The van der Waals surface area contributed by atoms with Crippen LogP contribution in [-0.4, -0.2) is 29.1 Å². The van der Waals surface area contributed by atoms with Crippen molar-refractivity contribution in [2.75, 3.05) is 18.0 Å². The second-order valence-electron chi connectivity index (χ2n) is 5.47. The molecule has 0 bridgehead atoms. The third-order valence-corrected chi connectivity index (χ3v) is 3.67. The molecule has 2 aliphatic rings. The minimum absolute atomic E-state index is 0.332. The standard InChI is InChI=1S/C14H18N2O2/c17-14(18)12-2-1-7-15-13(12)16(8-10-3-4-10)9-11-5-6-11/h1-2,7,10-11H,3-6,8-9H2,(H,17,18). The van der Waals surface area contributed by atoms with E-state index in [2.05, 4.69) is 9.88 Å². The first-order valence-electron chi connectivity index (χ1n) is 6.67. The van der Waals surface area contributed by atoms with Gasteiger partial charge < -0.3 is 10.0 Å². The normalized spacial score (nSPS) is 18.7. The molecule has 0 aromatic carbocycles. The van der Waals surface area contributed by atoms with Gasteiger partial charge in [-0.1, -0.05) is 0 Å². The fraction of sp³-hybridized carbons (Fsp3) is 0.571. The van der Waals surface area contributed by atoms with E-state index < -0.39 is 5.97 Å². The molecule has 4 nitrogen and oxygen atoms in total. The van der Waals surface area contributed by atoms with Crippen molar-refractivity contribution in [1.82, 2.24) is 4.98 Å². The number of aromatic nitrogens is 1. The van der Waals surface area contributed by atoms with Crippen LogP contribution in [0.25, 0.3) is 0 Å². The number of anilines is 1. The first kappa shape index (κ1) is 11.5. The van der Waals surface area contributed by atoms with E-state index in [1.54, 1.807) is 18.3 Å². The van der Waals surface area contributed by atoms with E-state index in [9.17, 15) is 9.90 Å². The third-order valence-electron chi connectivity index (χ3n) is 3.67. The summed E-state index contributed by atoms with van der Waals surface area (Å²) in [7, 11) is 0. The molecule has 0 radical (unpaired) electrons. The topological polar surface area (TPSA) is 53.4 Å². The van der Waals surface area contributed by atoms with E-state index in [4.69, 9.17) is 0 Å². The fourth-order valence-electron chi connectivity index (χ4n) is 2.29. The summed E-state index contributed by atoms with van der Waals surface area (Å²) >= 11 is 0. The Balaban J connectivity index is 1.84. The first-order chi connectivity index (χ1) is 8.74. The fourth-order valence-corrected chi connectivity index (χ4v) is 2.29. The van der Waals surface area contributed by atoms with Gasteiger partial charge in [-0.05, 0) is 49.7 Å². The largest absolute Gasteiger partial charge is 0.478 e. The van der Waals surface area contributed by atoms with Crippen LogP contribution in [0.1, 0.15) is 36.0 Å². The van der Waals surface area contributed by atoms with Crippen LogP contribution < -0.4 is 4.90 Å². The van der Waals surface area contributed by atoms with Crippen molar-refractivity contribution in [3.8, 4) is 0 Å². The van der Waals surface area contributed by atoms with Crippen LogP contribution in [0.15, 0.2) is 18.3 Å². The number of carbonyl (C=O) groups is 1. The number of carboxylic acids is 1. The zero-order chi connectivity index (χ0) is 12.5. The summed E-state index contributed by atoms with van der Waals surface area (Å²) in [6.45, 7) is 1.93. The van der Waals surface area contributed by atoms with Gasteiger partial charge in [0, 0.05) is 19.3 Å². The summed E-state index contributed by atoms with van der Waals surface area (Å²) in [4.78, 5) is 17.8. The van der Waals surface area contributed by atoms with Crippen molar-refractivity contribution >= 4 is 11.8 Å². The summed E-state index contributed by atoms with van der Waals surface area (Å²) in [6, 6.07) is 3.34. The molecule has 2 fully saturated rings. The lowest BCUT2D eigenvalue weighted by molar-refractivity contribution is 0.0697. The molecule has 1 aromatic heterocycles. The zero-order valence-corrected chi connectivity index (χ0v) is 10.4. The summed E-state index contributed by atoms with van der Waals surface area (Å²) in [5, 5.41) is 9.25. The number of pyridine rings is 1. The molecule has 18 heavy (non-hydrogen) atoms. The van der Waals surface area contributed by atoms with Crippen LogP contribution in [0, 0.1) is 11.8 Å². The Morgan fingerprint density at radius 1 is 1.28 bits per heavy atom. The Morgan fingerprint density at radius 3 is 2.39 bits per heavy atom. The second-order valence-corrected chi connectivity index (χ2v) is 5.47. The number of hydrogen-bond donors (Lipinski definition) is 1. The van der Waals surface area contributed by atoms with Crippen LogP contribution in [0.3, 0.4) is 0 Å². The highest BCUT2D eigenvalue weighted by molar-refractivity contribution is 5.93. The van der Waals surface area contributed by atoms with E-state index >= 15 is 0 Å². The van der Waals surface area contributed by atoms with E-state index in [0.717, 1.165) is 24.9 Å². The lowest BCUT2D eigenvalue weighted by Gasteiger charge is -2.24. The Bertz CT molecular complexity index is 439. The molecule has 1 heterocycles. The van der Waals surface area contributed by atoms with Crippen molar-refractivity contribution in [2.45, 2.75) is 25.7 Å². The molecule has 0 aliphatic heterocycles. The Morgan fingerprint density at radius 2 is 1.89 bits per heavy atom. The average Bonchev–Trinajstić information content (AvgIpc) is 3.23. The van der Waals surface area contributed by atoms with Gasteiger partial charge in [-0.15, -0.1) is 0 Å². The molecule has 0 spiro atoms. The molecule has 2 aliphatic carbocycles. The zero-order valence-electron chi connectivity index (χ0n) is 10.4. The molecule has 1 aromatic rings. The quantitative estimate of drug-likeness (QED) is 0.837. The van der Waals surface area contributed by atoms with Gasteiger partial charge in [0.2, 0.25) is 0 Å². The monoisotopic (exact) mass is 246 g/mol. The van der Waals surface area contributed by atoms with Gasteiger partial charge in [-0.2, -0.15) is 0 Å². The van der Waals surface area contributed by atoms with Gasteiger partial charge in [-0.25, -0.2) is 9.78 Å². The Kier molecular flexibility index (Phi) is 2.94. The molecule has 0 atom stereocenters. The molecule has 96 valence electrons. The van der Waals surface area contributed by atoms with Crippen LogP contribution in [0.5, 0.6) is 0 Å². The van der Waals surface area contributed by atoms with E-state index in [0.29, 0.717) is 11.4 Å². The number of nitrogens with zero attached hydrogens (tertiary/aromatic N) is 2. The molecule has 0 saturated heterocycles. The maximum Gasteiger partial charge on any atom is 0.339 e. The average molecular weight is 246 g/mol. The van der Waals surface area contributed by atoms with Crippen LogP contribution >= 0.6 is 0 Å². The predicted octanol–water partition coefficient (Wildman–Crippen LogP) is 2.41. The van der Waals surface area contributed by atoms with Gasteiger partial charge in [-0.3, -0.25) is 0 Å². The number of carboxylic acid groups (broad SMARTS) is 1. The predicted molar refractivity (Wildman–Crippen MR) is 68.9 cm³/mol. The number of hydrogen-bond acceptors (Lipinski definition) is 3. The van der Waals surface area contributed by atoms with Crippen LogP contribution in [0.2, 0.25) is 0 Å². The van der Waals surface area contributed by atoms with Crippen molar-refractivity contribution in [2.24, 2.45) is 11.8 Å². The van der Waals surface area contributed by atoms with Gasteiger partial charge in [0.1, 0.15) is 11.4 Å². The van der Waals surface area contributed by atoms with Crippen LogP contribution in [-0.2, 0) is 0 Å². The summed E-state index contributed by atoms with van der Waals surface area (Å²) < 4.78 is 0. The minimum Gasteiger partial charge on any atom is -0.478 e. The molecule has 4 heteroatoms. The Labute approximate surface area is 107 Å². The number of rotatable bonds is 6. The summed E-state index contributed by atoms with van der Waals surface area (Å²) in [5.74, 6) is 1.26. The lowest BCUT2D eigenvalue weighted by Crippen LogP contribution is -2.30. The van der Waals surface area contributed by atoms with Crippen molar-refractivity contribution in [3.63, 3.8) is 0 Å². The van der Waals surface area contributed by atoms with Gasteiger partial charge >= 0.3 is 5.97 Å². The summed E-state index contributed by atoms with van der Waals surface area (Å²) in [5.41, 5.74) is 0.332. The maximum atomic E-state index is 11.3. The third kappa shape index (κ3) is 2.63. The van der Waals surface area contributed by atoms with Gasteiger partial charge in [0.05, 0.1) is 0 Å². The summed E-state index contributed by atoms with van der Waals surface area (Å²) in [6.07, 6.45) is 6.79. The molecule has 3 rings (SSSR count). The number of aromatic carboxylic acids is 1. The molecular formula is C14H18N2O2. The van der Waals surface area contributed by atoms with Gasteiger partial charge in [0.15, 0.2) is 0 Å². The molecule has 0 unspecified atom stereocenters. The smallest absolute Gasteiger partial charge is 0.339 e. The first-order valence-corrected chi connectivity index (χ1v) is 6.67. The van der Waals surface area contributed by atoms with Gasteiger partial charge in [0.25, 0.3) is 0 Å². The highest BCUT2D eigenvalue weighted by Gasteiger charge is 2.31. The molecule has 2 saturated carbocycles. The molecular weight excluding hydrogens is 228 g/mol. The highest BCUT2D eigenvalue weighted by Crippen LogP contribution is 2.35. The minimum atomic E-state index is -0.880. The van der Waals surface area contributed by atoms with E-state index in [-0.39, 0.29) is 0 Å². The molecule has 1 N–H and O–H groups in total. The van der Waals surface area contributed by atoms with Crippen molar-refractivity contribution in [3.05, 3.63) is 23.9 Å². The van der Waals surface area contributed by atoms with Crippen LogP contribution in [0.4, 0.5) is 5.82 Å². The molecule has 0 amide bonds. The Hall–Kier alpha value is -1.58.